The van der Waals surface area contributed by atoms with Crippen molar-refractivity contribution in [1.29, 1.82) is 0 Å². The maximum absolute atomic E-state index is 12.6. The van der Waals surface area contributed by atoms with Gasteiger partial charge in [-0.2, -0.15) is 0 Å². The fourth-order valence-electron chi connectivity index (χ4n) is 3.79. The fourth-order valence-corrected chi connectivity index (χ4v) is 3.79. The molecule has 0 aromatic carbocycles. The van der Waals surface area contributed by atoms with Crippen molar-refractivity contribution in [3.05, 3.63) is 30.9 Å². The summed E-state index contributed by atoms with van der Waals surface area (Å²) in [6.07, 6.45) is 9.27. The Balaban J connectivity index is 1.37. The molecule has 2 aliphatic rings. The van der Waals surface area contributed by atoms with E-state index in [4.69, 9.17) is 0 Å². The van der Waals surface area contributed by atoms with Gasteiger partial charge in [0.1, 0.15) is 11.5 Å². The van der Waals surface area contributed by atoms with Crippen molar-refractivity contribution in [3.8, 4) is 11.5 Å². The number of carbonyl (C=O) groups excluding carboxylic acids is 1. The second kappa shape index (κ2) is 7.96. The molecule has 8 heteroatoms. The highest BCUT2D eigenvalue weighted by molar-refractivity contribution is 5.79. The Labute approximate surface area is 159 Å². The maximum Gasteiger partial charge on any atom is 0.237 e. The van der Waals surface area contributed by atoms with Crippen molar-refractivity contribution in [2.45, 2.75) is 25.8 Å². The average molecular weight is 367 g/mol. The third kappa shape index (κ3) is 4.05. The molecule has 0 bridgehead atoms. The lowest BCUT2D eigenvalue weighted by atomic mass is 10.2. The second-order valence-electron chi connectivity index (χ2n) is 7.20. The van der Waals surface area contributed by atoms with Gasteiger partial charge in [-0.3, -0.25) is 9.69 Å². The van der Waals surface area contributed by atoms with E-state index in [1.54, 1.807) is 30.9 Å². The van der Waals surface area contributed by atoms with Gasteiger partial charge < -0.3 is 9.80 Å². The van der Waals surface area contributed by atoms with Crippen LogP contribution in [0, 0.1) is 0 Å². The van der Waals surface area contributed by atoms with Crippen LogP contribution in [-0.2, 0) is 4.79 Å². The first-order valence-corrected chi connectivity index (χ1v) is 9.57. The van der Waals surface area contributed by atoms with Crippen LogP contribution in [0.15, 0.2) is 30.9 Å². The maximum atomic E-state index is 12.6. The van der Waals surface area contributed by atoms with E-state index in [1.807, 2.05) is 4.90 Å². The van der Waals surface area contributed by atoms with E-state index in [1.165, 1.54) is 12.8 Å². The number of hydrogen-bond acceptors (Lipinski definition) is 7. The van der Waals surface area contributed by atoms with Crippen LogP contribution < -0.4 is 4.90 Å². The number of amides is 1. The molecule has 1 atom stereocenters. The molecule has 2 aliphatic heterocycles. The molecule has 142 valence electrons. The summed E-state index contributed by atoms with van der Waals surface area (Å²) in [5.74, 6) is 1.64. The lowest BCUT2D eigenvalue weighted by Gasteiger charge is -2.40. The van der Waals surface area contributed by atoms with E-state index in [2.05, 4.69) is 36.7 Å². The third-order valence-corrected chi connectivity index (χ3v) is 5.26. The first-order valence-electron chi connectivity index (χ1n) is 9.57. The van der Waals surface area contributed by atoms with Crippen molar-refractivity contribution >= 4 is 11.7 Å². The molecule has 2 aromatic heterocycles. The highest BCUT2D eigenvalue weighted by Gasteiger charge is 2.29. The standard InChI is InChI=1S/C19H25N7O/c1-15-13-25(9-10-26(15)18(27)14-24-7-2-3-8-24)17-12-22-16(11-23-17)19-20-5-4-6-21-19/h4-6,11-12,15H,2-3,7-10,13-14H2,1H3/t15-/m1/s1. The summed E-state index contributed by atoms with van der Waals surface area (Å²) in [5, 5.41) is 0. The number of aromatic nitrogens is 4. The largest absolute Gasteiger partial charge is 0.352 e. The number of likely N-dealkylation sites (tertiary alicyclic amines) is 1. The van der Waals surface area contributed by atoms with Gasteiger partial charge in [0, 0.05) is 38.1 Å². The molecule has 4 rings (SSSR count). The lowest BCUT2D eigenvalue weighted by Crippen LogP contribution is -2.56. The van der Waals surface area contributed by atoms with Gasteiger partial charge in [0.15, 0.2) is 5.82 Å². The van der Waals surface area contributed by atoms with Crippen LogP contribution in [0.3, 0.4) is 0 Å². The van der Waals surface area contributed by atoms with Crippen molar-refractivity contribution in [3.63, 3.8) is 0 Å². The Morgan fingerprint density at radius 1 is 1.04 bits per heavy atom. The Kier molecular flexibility index (Phi) is 5.24. The normalized spacial score (nSPS) is 20.9. The van der Waals surface area contributed by atoms with Gasteiger partial charge in [0.25, 0.3) is 0 Å². The molecule has 2 aromatic rings. The number of nitrogens with zero attached hydrogens (tertiary/aromatic N) is 7. The molecule has 4 heterocycles. The van der Waals surface area contributed by atoms with Crippen LogP contribution in [0.1, 0.15) is 19.8 Å². The van der Waals surface area contributed by atoms with Crippen molar-refractivity contribution in [2.24, 2.45) is 0 Å². The smallest absolute Gasteiger partial charge is 0.237 e. The molecule has 0 aliphatic carbocycles. The average Bonchev–Trinajstić information content (AvgIpc) is 3.21. The molecule has 0 unspecified atom stereocenters. The highest BCUT2D eigenvalue weighted by atomic mass is 16.2. The number of piperazine rings is 1. The molecule has 27 heavy (non-hydrogen) atoms. The first kappa shape index (κ1) is 17.8. The topological polar surface area (TPSA) is 78.4 Å². The van der Waals surface area contributed by atoms with Crippen LogP contribution >= 0.6 is 0 Å². The first-order chi connectivity index (χ1) is 13.2. The molecule has 0 spiro atoms. The molecular formula is C19H25N7O. The molecule has 8 nitrogen and oxygen atoms in total. The second-order valence-corrected chi connectivity index (χ2v) is 7.20. The van der Waals surface area contributed by atoms with Crippen molar-refractivity contribution < 1.29 is 4.79 Å². The van der Waals surface area contributed by atoms with Gasteiger partial charge in [0.2, 0.25) is 5.91 Å². The van der Waals surface area contributed by atoms with Crippen molar-refractivity contribution in [2.75, 3.05) is 44.2 Å². The number of rotatable bonds is 4. The quantitative estimate of drug-likeness (QED) is 0.800. The van der Waals surface area contributed by atoms with E-state index in [0.29, 0.717) is 18.1 Å². The lowest BCUT2D eigenvalue weighted by molar-refractivity contribution is -0.134. The minimum absolute atomic E-state index is 0.160. The van der Waals surface area contributed by atoms with Crippen LogP contribution in [-0.4, -0.2) is 81.0 Å². The van der Waals surface area contributed by atoms with Crippen LogP contribution in [0.5, 0.6) is 0 Å². The zero-order chi connectivity index (χ0) is 18.6. The van der Waals surface area contributed by atoms with Gasteiger partial charge in [-0.05, 0) is 38.9 Å². The van der Waals surface area contributed by atoms with Gasteiger partial charge >= 0.3 is 0 Å². The summed E-state index contributed by atoms with van der Waals surface area (Å²) in [6.45, 7) is 7.01. The number of carbonyl (C=O) groups is 1. The molecule has 0 saturated carbocycles. The summed E-state index contributed by atoms with van der Waals surface area (Å²) < 4.78 is 0. The Morgan fingerprint density at radius 2 is 1.81 bits per heavy atom. The summed E-state index contributed by atoms with van der Waals surface area (Å²) in [6, 6.07) is 1.93. The Bertz CT molecular complexity index is 761. The number of hydrogen-bond donors (Lipinski definition) is 0. The van der Waals surface area contributed by atoms with Crippen LogP contribution in [0.4, 0.5) is 5.82 Å². The van der Waals surface area contributed by atoms with Gasteiger partial charge in [-0.25, -0.2) is 19.9 Å². The molecule has 0 radical (unpaired) electrons. The van der Waals surface area contributed by atoms with Gasteiger partial charge in [-0.15, -0.1) is 0 Å². The molecule has 2 saturated heterocycles. The summed E-state index contributed by atoms with van der Waals surface area (Å²) in [7, 11) is 0. The molecule has 1 amide bonds. The van der Waals surface area contributed by atoms with Gasteiger partial charge in [-0.1, -0.05) is 0 Å². The highest BCUT2D eigenvalue weighted by Crippen LogP contribution is 2.19. The zero-order valence-corrected chi connectivity index (χ0v) is 15.7. The Hall–Kier alpha value is -2.61. The zero-order valence-electron chi connectivity index (χ0n) is 15.7. The fraction of sp³-hybridized carbons (Fsp3) is 0.526. The molecule has 0 N–H and O–H groups in total. The van der Waals surface area contributed by atoms with E-state index in [0.717, 1.165) is 38.5 Å². The molecular weight excluding hydrogens is 342 g/mol. The SMILES string of the molecule is C[C@@H]1CN(c2cnc(-c3ncccn3)cn2)CCN1C(=O)CN1CCCC1. The predicted molar refractivity (Wildman–Crippen MR) is 102 cm³/mol. The van der Waals surface area contributed by atoms with Crippen LogP contribution in [0.25, 0.3) is 11.5 Å². The monoisotopic (exact) mass is 367 g/mol. The summed E-state index contributed by atoms with van der Waals surface area (Å²) in [5.41, 5.74) is 0.659. The van der Waals surface area contributed by atoms with E-state index in [9.17, 15) is 4.79 Å². The van der Waals surface area contributed by atoms with Gasteiger partial charge in [0.05, 0.1) is 18.9 Å². The predicted octanol–water partition coefficient (Wildman–Crippen LogP) is 1.07. The van der Waals surface area contributed by atoms with Crippen LogP contribution in [0.2, 0.25) is 0 Å². The van der Waals surface area contributed by atoms with E-state index < -0.39 is 0 Å². The number of anilines is 1. The minimum atomic E-state index is 0.160. The Morgan fingerprint density at radius 3 is 2.48 bits per heavy atom. The summed E-state index contributed by atoms with van der Waals surface area (Å²) >= 11 is 0. The van der Waals surface area contributed by atoms with E-state index in [-0.39, 0.29) is 11.9 Å². The third-order valence-electron chi connectivity index (χ3n) is 5.26. The van der Waals surface area contributed by atoms with Crippen molar-refractivity contribution in [1.82, 2.24) is 29.7 Å². The summed E-state index contributed by atoms with van der Waals surface area (Å²) in [4.78, 5) is 36.5. The minimum Gasteiger partial charge on any atom is -0.352 e. The van der Waals surface area contributed by atoms with E-state index >= 15 is 0 Å². The molecule has 2 fully saturated rings.